The van der Waals surface area contributed by atoms with Gasteiger partial charge in [-0.1, -0.05) is 47.5 Å². The van der Waals surface area contributed by atoms with E-state index in [1.165, 1.54) is 16.7 Å². The predicted molar refractivity (Wildman–Crippen MR) is 100 cm³/mol. The summed E-state index contributed by atoms with van der Waals surface area (Å²) < 4.78 is 0. The minimum Gasteiger partial charge on any atom is -0.480 e. The summed E-state index contributed by atoms with van der Waals surface area (Å²) in [5, 5.41) is 9.92. The summed E-state index contributed by atoms with van der Waals surface area (Å²) in [6.07, 6.45) is 0. The monoisotopic (exact) mass is 395 g/mol. The Bertz CT molecular complexity index is 843. The Morgan fingerprint density at radius 1 is 1.16 bits per heavy atom. The van der Waals surface area contributed by atoms with Gasteiger partial charge in [-0.2, -0.15) is 0 Å². The molecule has 2 atom stereocenters. The highest BCUT2D eigenvalue weighted by molar-refractivity contribution is 7.99. The summed E-state index contributed by atoms with van der Waals surface area (Å²) in [7, 11) is 0. The molecule has 0 saturated carbocycles. The summed E-state index contributed by atoms with van der Waals surface area (Å²) in [5.74, 6) is -0.999. The molecule has 2 aromatic rings. The van der Waals surface area contributed by atoms with Gasteiger partial charge in [-0.25, -0.2) is 4.79 Å². The van der Waals surface area contributed by atoms with Crippen LogP contribution < -0.4 is 0 Å². The molecule has 1 aliphatic rings. The van der Waals surface area contributed by atoms with Crippen molar-refractivity contribution in [3.05, 3.63) is 69.2 Å². The summed E-state index contributed by atoms with van der Waals surface area (Å²) in [6.45, 7) is 1.83. The van der Waals surface area contributed by atoms with E-state index in [4.69, 9.17) is 23.2 Å². The number of carboxylic acid groups (broad SMARTS) is 1. The maximum atomic E-state index is 13.1. The van der Waals surface area contributed by atoms with Gasteiger partial charge in [0.2, 0.25) is 0 Å². The smallest absolute Gasteiger partial charge is 0.327 e. The van der Waals surface area contributed by atoms with Gasteiger partial charge in [0.05, 0.1) is 10.0 Å². The molecular weight excluding hydrogens is 381 g/mol. The fourth-order valence-electron chi connectivity index (χ4n) is 2.82. The molecule has 4 nitrogen and oxygen atoms in total. The van der Waals surface area contributed by atoms with Crippen LogP contribution in [-0.4, -0.2) is 33.7 Å². The van der Waals surface area contributed by atoms with Crippen molar-refractivity contribution >= 4 is 46.8 Å². The van der Waals surface area contributed by atoms with Gasteiger partial charge < -0.3 is 10.0 Å². The standard InChI is InChI=1S/C18H15Cl2NO3S/c1-10-4-2-3-5-12(10)16(22)21-15(18(23)24)9-25-17(21)11-6-7-13(19)14(20)8-11/h2-8,15,17H,9H2,1H3,(H,23,24)/t15-,17-/m1/s1. The van der Waals surface area contributed by atoms with Crippen LogP contribution in [0.5, 0.6) is 0 Å². The third kappa shape index (κ3) is 3.50. The molecule has 0 aliphatic carbocycles. The van der Waals surface area contributed by atoms with Crippen molar-refractivity contribution in [1.29, 1.82) is 0 Å². The SMILES string of the molecule is Cc1ccccc1C(=O)N1[C@@H](C(=O)O)CS[C@@H]1c1ccc(Cl)c(Cl)c1. The number of halogens is 2. The van der Waals surface area contributed by atoms with E-state index in [0.717, 1.165) is 11.1 Å². The first-order valence-corrected chi connectivity index (χ1v) is 9.38. The van der Waals surface area contributed by atoms with Gasteiger partial charge in [0.25, 0.3) is 5.91 Å². The lowest BCUT2D eigenvalue weighted by Crippen LogP contribution is -2.43. The van der Waals surface area contributed by atoms with E-state index in [1.807, 2.05) is 19.1 Å². The fourth-order valence-corrected chi connectivity index (χ4v) is 4.54. The Labute approximate surface area is 159 Å². The van der Waals surface area contributed by atoms with Crippen molar-refractivity contribution < 1.29 is 14.7 Å². The highest BCUT2D eigenvalue weighted by Crippen LogP contribution is 2.43. The molecule has 7 heteroatoms. The van der Waals surface area contributed by atoms with Crippen LogP contribution in [0.3, 0.4) is 0 Å². The molecule has 1 N–H and O–H groups in total. The molecule has 1 fully saturated rings. The number of carbonyl (C=O) groups excluding carboxylic acids is 1. The molecule has 1 aliphatic heterocycles. The second-order valence-electron chi connectivity index (χ2n) is 5.74. The van der Waals surface area contributed by atoms with Crippen LogP contribution in [0.25, 0.3) is 0 Å². The van der Waals surface area contributed by atoms with Crippen LogP contribution >= 0.6 is 35.0 Å². The van der Waals surface area contributed by atoms with Gasteiger partial charge >= 0.3 is 5.97 Å². The first kappa shape index (κ1) is 18.1. The second-order valence-corrected chi connectivity index (χ2v) is 7.67. The highest BCUT2D eigenvalue weighted by Gasteiger charge is 2.43. The van der Waals surface area contributed by atoms with E-state index >= 15 is 0 Å². The quantitative estimate of drug-likeness (QED) is 0.821. The minimum atomic E-state index is -1.02. The molecule has 0 bridgehead atoms. The van der Waals surface area contributed by atoms with Crippen molar-refractivity contribution in [2.45, 2.75) is 18.3 Å². The minimum absolute atomic E-state index is 0.299. The number of amides is 1. The summed E-state index contributed by atoms with van der Waals surface area (Å²) in [6, 6.07) is 11.4. The maximum absolute atomic E-state index is 13.1. The molecule has 25 heavy (non-hydrogen) atoms. The first-order chi connectivity index (χ1) is 11.9. The topological polar surface area (TPSA) is 57.6 Å². The molecule has 0 spiro atoms. The Morgan fingerprint density at radius 2 is 1.88 bits per heavy atom. The highest BCUT2D eigenvalue weighted by atomic mass is 35.5. The van der Waals surface area contributed by atoms with E-state index in [9.17, 15) is 14.7 Å². The number of hydrogen-bond donors (Lipinski definition) is 1. The average molecular weight is 396 g/mol. The van der Waals surface area contributed by atoms with Crippen LogP contribution in [-0.2, 0) is 4.79 Å². The van der Waals surface area contributed by atoms with E-state index in [1.54, 1.807) is 30.3 Å². The summed E-state index contributed by atoms with van der Waals surface area (Å²) in [5.41, 5.74) is 2.06. The number of rotatable bonds is 3. The van der Waals surface area contributed by atoms with Crippen molar-refractivity contribution in [3.63, 3.8) is 0 Å². The number of nitrogens with zero attached hydrogens (tertiary/aromatic N) is 1. The van der Waals surface area contributed by atoms with E-state index in [0.29, 0.717) is 21.4 Å². The molecule has 1 saturated heterocycles. The molecule has 2 aromatic carbocycles. The summed E-state index contributed by atoms with van der Waals surface area (Å²) in [4.78, 5) is 26.2. The van der Waals surface area contributed by atoms with Gasteiger partial charge in [0, 0.05) is 11.3 Å². The zero-order valence-corrected chi connectivity index (χ0v) is 15.6. The van der Waals surface area contributed by atoms with E-state index in [-0.39, 0.29) is 5.91 Å². The van der Waals surface area contributed by atoms with Crippen molar-refractivity contribution in [1.82, 2.24) is 4.90 Å². The molecule has 0 unspecified atom stereocenters. The Morgan fingerprint density at radius 3 is 2.52 bits per heavy atom. The van der Waals surface area contributed by atoms with Gasteiger partial charge in [-0.05, 0) is 36.2 Å². The normalized spacial score (nSPS) is 19.9. The lowest BCUT2D eigenvalue weighted by molar-refractivity contribution is -0.141. The number of carbonyl (C=O) groups is 2. The Balaban J connectivity index is 2.03. The van der Waals surface area contributed by atoms with Crippen LogP contribution in [0, 0.1) is 6.92 Å². The van der Waals surface area contributed by atoms with Crippen LogP contribution in [0.1, 0.15) is 26.9 Å². The predicted octanol–water partition coefficient (Wildman–Crippen LogP) is 4.64. The second kappa shape index (κ2) is 7.28. The van der Waals surface area contributed by atoms with Gasteiger partial charge in [-0.15, -0.1) is 11.8 Å². The van der Waals surface area contributed by atoms with Gasteiger partial charge in [0.15, 0.2) is 0 Å². The fraction of sp³-hybridized carbons (Fsp3) is 0.222. The molecule has 0 radical (unpaired) electrons. The average Bonchev–Trinajstić information content (AvgIpc) is 3.02. The lowest BCUT2D eigenvalue weighted by atomic mass is 10.1. The number of aliphatic carboxylic acids is 1. The van der Waals surface area contributed by atoms with E-state index in [2.05, 4.69) is 0 Å². The Kier molecular flexibility index (Phi) is 5.27. The van der Waals surface area contributed by atoms with Crippen molar-refractivity contribution in [3.8, 4) is 0 Å². The third-order valence-corrected chi connectivity index (χ3v) is 6.19. The number of carboxylic acids is 1. The maximum Gasteiger partial charge on any atom is 0.327 e. The number of aryl methyl sites for hydroxylation is 1. The van der Waals surface area contributed by atoms with Gasteiger partial charge in [-0.3, -0.25) is 4.79 Å². The first-order valence-electron chi connectivity index (χ1n) is 7.58. The van der Waals surface area contributed by atoms with Crippen LogP contribution in [0.2, 0.25) is 10.0 Å². The largest absolute Gasteiger partial charge is 0.480 e. The lowest BCUT2D eigenvalue weighted by Gasteiger charge is -2.28. The number of thioether (sulfide) groups is 1. The molecule has 0 aromatic heterocycles. The number of benzene rings is 2. The van der Waals surface area contributed by atoms with Crippen molar-refractivity contribution in [2.75, 3.05) is 5.75 Å². The third-order valence-electron chi connectivity index (χ3n) is 4.12. The van der Waals surface area contributed by atoms with Gasteiger partial charge in [0.1, 0.15) is 11.4 Å². The molecule has 1 amide bonds. The van der Waals surface area contributed by atoms with Crippen LogP contribution in [0.4, 0.5) is 0 Å². The van der Waals surface area contributed by atoms with Crippen LogP contribution in [0.15, 0.2) is 42.5 Å². The zero-order valence-electron chi connectivity index (χ0n) is 13.3. The summed E-state index contributed by atoms with van der Waals surface area (Å²) >= 11 is 13.5. The number of hydrogen-bond acceptors (Lipinski definition) is 3. The Hall–Kier alpha value is -1.69. The molecule has 1 heterocycles. The van der Waals surface area contributed by atoms with Crippen molar-refractivity contribution in [2.24, 2.45) is 0 Å². The molecule has 3 rings (SSSR count). The van der Waals surface area contributed by atoms with E-state index < -0.39 is 17.4 Å². The molecular formula is C18H15Cl2NO3S. The molecule has 130 valence electrons. The zero-order chi connectivity index (χ0) is 18.1.